The molecule has 0 heterocycles. The number of hydrogen-bond acceptors (Lipinski definition) is 16. The van der Waals surface area contributed by atoms with Gasteiger partial charge in [0.15, 0.2) is 6.04 Å². The highest BCUT2D eigenvalue weighted by atomic mass is 16.4. The first-order chi connectivity index (χ1) is 33.7. The number of rotatable bonds is 34. The highest BCUT2D eigenvalue weighted by molar-refractivity contribution is 5.99. The van der Waals surface area contributed by atoms with Crippen molar-refractivity contribution in [3.8, 4) is 0 Å². The molecule has 0 aliphatic rings. The molecule has 0 bridgehead atoms. The van der Waals surface area contributed by atoms with Crippen molar-refractivity contribution in [3.05, 3.63) is 0 Å². The van der Waals surface area contributed by atoms with E-state index in [9.17, 15) is 87.9 Å². The van der Waals surface area contributed by atoms with Crippen molar-refractivity contribution in [2.24, 2.45) is 23.5 Å². The van der Waals surface area contributed by atoms with Crippen molar-refractivity contribution >= 4 is 77.0 Å². The Hall–Kier alpha value is -7.01. The van der Waals surface area contributed by atoms with E-state index in [1.807, 2.05) is 5.32 Å². The molecule has 0 aromatic heterocycles. The first-order valence-electron chi connectivity index (χ1n) is 23.4. The molecule has 414 valence electrons. The summed E-state index contributed by atoms with van der Waals surface area (Å²) in [6.45, 7) is 12.5. The van der Waals surface area contributed by atoms with E-state index in [0.29, 0.717) is 0 Å². The molecule has 17 N–H and O–H groups in total. The van der Waals surface area contributed by atoms with Gasteiger partial charge in [-0.3, -0.25) is 57.5 Å². The summed E-state index contributed by atoms with van der Waals surface area (Å²) in [5.74, 6) is -16.3. The van der Waals surface area contributed by atoms with Crippen molar-refractivity contribution in [3.63, 3.8) is 0 Å². The maximum absolute atomic E-state index is 13.7. The SMILES string of the molecule is CC(C)C[C@H](NC(=O)[C@H](C)NC(=O)[C@@H](N)CC(=O)O)C(=O)N[C@@H](CC(C)C)C(=O)N[C@@H](C)C(=O)N[C@@H](CC(=O)O)C(=O)N[C@@H](CC(C)C)C(=O)N[C@@H](CCC(=O)O)C(=O)N[C@@H](CO)C(=O)N[C@H](C(=O)O)[C@@H](C)O. The summed E-state index contributed by atoms with van der Waals surface area (Å²) in [5, 5.41) is 77.3. The Morgan fingerprint density at radius 3 is 1.10 bits per heavy atom. The Labute approximate surface area is 421 Å². The van der Waals surface area contributed by atoms with Crippen LogP contribution in [-0.4, -0.2) is 181 Å². The van der Waals surface area contributed by atoms with Gasteiger partial charge in [-0.15, -0.1) is 0 Å². The average molecular weight is 1050 g/mol. The summed E-state index contributed by atoms with van der Waals surface area (Å²) < 4.78 is 0. The third kappa shape index (κ3) is 25.8. The molecule has 0 aromatic rings. The number of carbonyl (C=O) groups excluding carboxylic acids is 9. The third-order valence-corrected chi connectivity index (χ3v) is 10.4. The van der Waals surface area contributed by atoms with Gasteiger partial charge < -0.3 is 84.2 Å². The van der Waals surface area contributed by atoms with Crippen LogP contribution < -0.4 is 53.6 Å². The van der Waals surface area contributed by atoms with Gasteiger partial charge >= 0.3 is 23.9 Å². The van der Waals surface area contributed by atoms with E-state index in [1.54, 1.807) is 41.5 Å². The normalized spacial score (nSPS) is 15.7. The average Bonchev–Trinajstić information content (AvgIpc) is 3.25. The lowest BCUT2D eigenvalue weighted by molar-refractivity contribution is -0.145. The Balaban J connectivity index is 6.35. The molecule has 0 saturated carbocycles. The maximum atomic E-state index is 13.7. The number of hydrogen-bond donors (Lipinski definition) is 16. The lowest BCUT2D eigenvalue weighted by Crippen LogP contribution is -2.61. The van der Waals surface area contributed by atoms with Gasteiger partial charge in [0.25, 0.3) is 0 Å². The summed E-state index contributed by atoms with van der Waals surface area (Å²) in [4.78, 5) is 166. The fraction of sp³-hybridized carbons (Fsp3) is 0.705. The van der Waals surface area contributed by atoms with Gasteiger partial charge in [0.05, 0.1) is 31.6 Å². The summed E-state index contributed by atoms with van der Waals surface area (Å²) in [5.41, 5.74) is 5.57. The minimum absolute atomic E-state index is 0.00111. The lowest BCUT2D eigenvalue weighted by Gasteiger charge is -2.28. The molecular formula is C44H74N10O19. The van der Waals surface area contributed by atoms with E-state index in [1.165, 1.54) is 13.8 Å². The lowest BCUT2D eigenvalue weighted by atomic mass is 9.99. The number of carboxylic acid groups (broad SMARTS) is 4. The number of nitrogens with one attached hydrogen (secondary N) is 9. The predicted molar refractivity (Wildman–Crippen MR) is 253 cm³/mol. The van der Waals surface area contributed by atoms with Crippen LogP contribution in [0.4, 0.5) is 0 Å². The highest BCUT2D eigenvalue weighted by Crippen LogP contribution is 2.12. The zero-order chi connectivity index (χ0) is 56.6. The number of aliphatic carboxylic acids is 4. The molecule has 0 aliphatic heterocycles. The van der Waals surface area contributed by atoms with Gasteiger partial charge in [0.2, 0.25) is 53.2 Å². The van der Waals surface area contributed by atoms with Gasteiger partial charge in [-0.25, -0.2) is 4.79 Å². The van der Waals surface area contributed by atoms with Crippen LogP contribution in [0.1, 0.15) is 107 Å². The second kappa shape index (κ2) is 32.1. The van der Waals surface area contributed by atoms with Crippen LogP contribution in [0.25, 0.3) is 0 Å². The quantitative estimate of drug-likeness (QED) is 0.0287. The minimum Gasteiger partial charge on any atom is -0.481 e. The van der Waals surface area contributed by atoms with Crippen LogP contribution in [-0.2, 0) is 62.3 Å². The van der Waals surface area contributed by atoms with Gasteiger partial charge in [-0.05, 0) is 64.2 Å². The summed E-state index contributed by atoms with van der Waals surface area (Å²) >= 11 is 0. The van der Waals surface area contributed by atoms with Crippen molar-refractivity contribution in [2.75, 3.05) is 6.61 Å². The molecule has 29 heteroatoms. The summed E-state index contributed by atoms with van der Waals surface area (Å²) in [6, 6.07) is -15.8. The number of carboxylic acids is 4. The molecule has 0 spiro atoms. The molecule has 9 amide bonds. The number of aliphatic hydroxyl groups is 2. The third-order valence-electron chi connectivity index (χ3n) is 10.4. The zero-order valence-electron chi connectivity index (χ0n) is 42.3. The Morgan fingerprint density at radius 2 is 0.726 bits per heavy atom. The smallest absolute Gasteiger partial charge is 0.328 e. The second-order valence-electron chi connectivity index (χ2n) is 18.7. The van der Waals surface area contributed by atoms with Crippen LogP contribution in [0.3, 0.4) is 0 Å². The molecule has 11 atom stereocenters. The summed E-state index contributed by atoms with van der Waals surface area (Å²) in [6.07, 6.45) is -4.88. The fourth-order valence-corrected chi connectivity index (χ4v) is 6.59. The predicted octanol–water partition coefficient (Wildman–Crippen LogP) is -4.87. The van der Waals surface area contributed by atoms with Crippen molar-refractivity contribution in [1.82, 2.24) is 47.9 Å². The molecule has 0 unspecified atom stereocenters. The van der Waals surface area contributed by atoms with Crippen LogP contribution in [0.15, 0.2) is 0 Å². The molecule has 0 aromatic carbocycles. The highest BCUT2D eigenvalue weighted by Gasteiger charge is 2.36. The Morgan fingerprint density at radius 1 is 0.397 bits per heavy atom. The molecule has 73 heavy (non-hydrogen) atoms. The van der Waals surface area contributed by atoms with Crippen molar-refractivity contribution < 1.29 is 93.0 Å². The van der Waals surface area contributed by atoms with Crippen LogP contribution in [0.5, 0.6) is 0 Å². The molecule has 0 rings (SSSR count). The zero-order valence-corrected chi connectivity index (χ0v) is 42.3. The van der Waals surface area contributed by atoms with Crippen molar-refractivity contribution in [1.29, 1.82) is 0 Å². The van der Waals surface area contributed by atoms with E-state index in [2.05, 4.69) is 42.5 Å². The molecule has 0 radical (unpaired) electrons. The topological polar surface area (TPSA) is 478 Å². The van der Waals surface area contributed by atoms with Crippen LogP contribution in [0.2, 0.25) is 0 Å². The first-order valence-corrected chi connectivity index (χ1v) is 23.4. The van der Waals surface area contributed by atoms with Gasteiger partial charge in [-0.2, -0.15) is 0 Å². The maximum Gasteiger partial charge on any atom is 0.328 e. The van der Waals surface area contributed by atoms with Gasteiger partial charge in [-0.1, -0.05) is 41.5 Å². The Kier molecular flexibility index (Phi) is 29.1. The standard InChI is InChI=1S/C44H74N10O19/c1-18(2)12-26(51-41(69)27(13-19(3)4)49-35(63)21(7)46-37(65)24(45)15-32(59)60)39(67)47-22(8)36(64)50-29(16-33(61)62)42(70)52-28(14-20(5)6)40(68)48-25(10-11-31(57)58)38(66)53-30(17-55)43(71)54-34(23(9)56)44(72)73/h18-30,34,55-56H,10-17,45H2,1-9H3,(H,46,65)(H,47,67)(H,48,68)(H,49,63)(H,50,64)(H,51,69)(H,52,70)(H,53,66)(H,54,71)(H,57,58)(H,59,60)(H,61,62)(H,72,73)/t21-,22-,23+,24-,25-,26-,27-,28-,29-,30-,34-/m0/s1. The van der Waals surface area contributed by atoms with E-state index >= 15 is 0 Å². The fourth-order valence-electron chi connectivity index (χ4n) is 6.59. The summed E-state index contributed by atoms with van der Waals surface area (Å²) in [7, 11) is 0. The molecular weight excluding hydrogens is 973 g/mol. The molecule has 0 fully saturated rings. The molecule has 29 nitrogen and oxygen atoms in total. The van der Waals surface area contributed by atoms with Gasteiger partial charge in [0.1, 0.15) is 48.3 Å². The van der Waals surface area contributed by atoms with Crippen molar-refractivity contribution in [2.45, 2.75) is 174 Å². The molecule has 0 aliphatic carbocycles. The number of amides is 9. The molecule has 0 saturated heterocycles. The Bertz CT molecular complexity index is 1980. The van der Waals surface area contributed by atoms with E-state index in [4.69, 9.17) is 10.8 Å². The van der Waals surface area contributed by atoms with E-state index < -0.39 is 182 Å². The number of nitrogens with two attached hydrogens (primary N) is 1. The minimum atomic E-state index is -1.91. The second-order valence-corrected chi connectivity index (χ2v) is 18.7. The number of aliphatic hydroxyl groups excluding tert-OH is 2. The van der Waals surface area contributed by atoms with E-state index in [-0.39, 0.29) is 31.1 Å². The van der Waals surface area contributed by atoms with Crippen LogP contribution >= 0.6 is 0 Å². The number of carbonyl (C=O) groups is 13. The van der Waals surface area contributed by atoms with Gasteiger partial charge in [0, 0.05) is 6.42 Å². The van der Waals surface area contributed by atoms with E-state index in [0.717, 1.165) is 6.92 Å². The monoisotopic (exact) mass is 1050 g/mol. The van der Waals surface area contributed by atoms with Crippen LogP contribution in [0, 0.1) is 17.8 Å². The largest absolute Gasteiger partial charge is 0.481 e. The first kappa shape index (κ1) is 66.0.